The van der Waals surface area contributed by atoms with E-state index in [-0.39, 0.29) is 0 Å². The van der Waals surface area contributed by atoms with Crippen LogP contribution in [0.3, 0.4) is 0 Å². The monoisotopic (exact) mass is 174 g/mol. The highest BCUT2D eigenvalue weighted by atomic mass is 35.6. The van der Waals surface area contributed by atoms with Gasteiger partial charge in [-0.1, -0.05) is 38.0 Å². The van der Waals surface area contributed by atoms with Crippen LogP contribution in [0.4, 0.5) is 0 Å². The van der Waals surface area contributed by atoms with Gasteiger partial charge in [0.05, 0.1) is 0 Å². The average molecular weight is 175 g/mol. The summed E-state index contributed by atoms with van der Waals surface area (Å²) in [5, 5.41) is 0. The zero-order valence-corrected chi connectivity index (χ0v) is 8.54. The van der Waals surface area contributed by atoms with E-state index in [9.17, 15) is 0 Å². The van der Waals surface area contributed by atoms with E-state index in [4.69, 9.17) is 11.1 Å². The van der Waals surface area contributed by atoms with Crippen molar-refractivity contribution in [3.8, 4) is 0 Å². The fraction of sp³-hybridized carbons (Fsp3) is 0.750. The van der Waals surface area contributed by atoms with Crippen LogP contribution >= 0.6 is 11.1 Å². The standard InChI is InChI=1S/C8H15ClSi/c1-3-5-8(6-4-2)7-10-9/h7H,3-6H2,1-2H3. The highest BCUT2D eigenvalue weighted by Gasteiger charge is 1.92. The predicted molar refractivity (Wildman–Crippen MR) is 49.5 cm³/mol. The van der Waals surface area contributed by atoms with E-state index < -0.39 is 0 Å². The summed E-state index contributed by atoms with van der Waals surface area (Å²) in [5.41, 5.74) is 3.72. The van der Waals surface area contributed by atoms with Gasteiger partial charge in [0.25, 0.3) is 0 Å². The van der Waals surface area contributed by atoms with E-state index in [1.165, 1.54) is 25.7 Å². The van der Waals surface area contributed by atoms with Crippen LogP contribution in [-0.4, -0.2) is 8.83 Å². The van der Waals surface area contributed by atoms with Crippen LogP contribution in [0.2, 0.25) is 0 Å². The molecule has 0 nitrogen and oxygen atoms in total. The van der Waals surface area contributed by atoms with Crippen molar-refractivity contribution in [2.45, 2.75) is 39.5 Å². The van der Waals surface area contributed by atoms with Gasteiger partial charge in [-0.25, -0.2) is 0 Å². The minimum absolute atomic E-state index is 0.468. The van der Waals surface area contributed by atoms with E-state index in [0.29, 0.717) is 8.83 Å². The molecule has 0 aliphatic rings. The molecule has 0 aliphatic carbocycles. The highest BCUT2D eigenvalue weighted by molar-refractivity contribution is 6.96. The number of halogens is 1. The summed E-state index contributed by atoms with van der Waals surface area (Å²) in [5.74, 6) is 0. The fourth-order valence-corrected chi connectivity index (χ4v) is 1.89. The molecule has 0 heterocycles. The molecule has 10 heavy (non-hydrogen) atoms. The van der Waals surface area contributed by atoms with E-state index in [1.54, 1.807) is 5.57 Å². The second-order valence-corrected chi connectivity index (χ2v) is 3.57. The molecule has 0 aromatic carbocycles. The first kappa shape index (κ1) is 10.2. The maximum Gasteiger partial charge on any atom is 0.202 e. The Morgan fingerprint density at radius 2 is 1.80 bits per heavy atom. The Morgan fingerprint density at radius 3 is 2.10 bits per heavy atom. The van der Waals surface area contributed by atoms with Crippen LogP contribution in [0.5, 0.6) is 0 Å². The molecule has 0 rings (SSSR count). The summed E-state index contributed by atoms with van der Waals surface area (Å²) in [4.78, 5) is 0. The SMILES string of the molecule is CCCC(=C[Si]Cl)CCC. The lowest BCUT2D eigenvalue weighted by Crippen LogP contribution is -1.84. The van der Waals surface area contributed by atoms with E-state index in [1.807, 2.05) is 0 Å². The highest BCUT2D eigenvalue weighted by Crippen LogP contribution is 2.11. The number of hydrogen-bond acceptors (Lipinski definition) is 0. The van der Waals surface area contributed by atoms with E-state index >= 15 is 0 Å². The Bertz CT molecular complexity index is 91.4. The minimum Gasteiger partial charge on any atom is -0.165 e. The van der Waals surface area contributed by atoms with Crippen LogP contribution in [0, 0.1) is 0 Å². The van der Waals surface area contributed by atoms with Crippen LogP contribution < -0.4 is 0 Å². The summed E-state index contributed by atoms with van der Waals surface area (Å²) in [6.07, 6.45) is 4.95. The third-order valence-electron chi connectivity index (χ3n) is 1.40. The van der Waals surface area contributed by atoms with Gasteiger partial charge >= 0.3 is 0 Å². The van der Waals surface area contributed by atoms with Gasteiger partial charge in [0.15, 0.2) is 0 Å². The summed E-state index contributed by atoms with van der Waals surface area (Å²) >= 11 is 5.62. The van der Waals surface area contributed by atoms with Crippen LogP contribution in [0.1, 0.15) is 39.5 Å². The first-order chi connectivity index (χ1) is 4.85. The Labute approximate surface area is 71.2 Å². The summed E-state index contributed by atoms with van der Waals surface area (Å²) in [7, 11) is 0.468. The third-order valence-corrected chi connectivity index (χ3v) is 2.25. The van der Waals surface area contributed by atoms with E-state index in [0.717, 1.165) is 0 Å². The maximum atomic E-state index is 5.62. The largest absolute Gasteiger partial charge is 0.202 e. The van der Waals surface area contributed by atoms with Crippen LogP contribution in [0.25, 0.3) is 0 Å². The maximum absolute atomic E-state index is 5.62. The molecule has 0 unspecified atom stereocenters. The zero-order valence-electron chi connectivity index (χ0n) is 6.78. The molecule has 0 N–H and O–H groups in total. The molecule has 2 radical (unpaired) electrons. The number of hydrogen-bond donors (Lipinski definition) is 0. The summed E-state index contributed by atoms with van der Waals surface area (Å²) in [6, 6.07) is 0. The lowest BCUT2D eigenvalue weighted by molar-refractivity contribution is 0.805. The van der Waals surface area contributed by atoms with Crippen molar-refractivity contribution in [3.05, 3.63) is 11.3 Å². The summed E-state index contributed by atoms with van der Waals surface area (Å²) in [6.45, 7) is 4.42. The first-order valence-electron chi connectivity index (χ1n) is 3.89. The second-order valence-electron chi connectivity index (χ2n) is 2.41. The number of allylic oxidation sites excluding steroid dienone is 1. The quantitative estimate of drug-likeness (QED) is 0.443. The molecular formula is C8H15ClSi. The molecule has 0 bridgehead atoms. The fourth-order valence-electron chi connectivity index (χ4n) is 0.989. The molecule has 0 aliphatic heterocycles. The smallest absolute Gasteiger partial charge is 0.165 e. The number of rotatable bonds is 5. The van der Waals surface area contributed by atoms with Crippen molar-refractivity contribution in [1.82, 2.24) is 0 Å². The molecule has 0 spiro atoms. The van der Waals surface area contributed by atoms with Crippen molar-refractivity contribution in [2.24, 2.45) is 0 Å². The Hall–Kier alpha value is 0.247. The first-order valence-corrected chi connectivity index (χ1v) is 5.98. The zero-order chi connectivity index (χ0) is 7.82. The van der Waals surface area contributed by atoms with Crippen LogP contribution in [0.15, 0.2) is 11.3 Å². The lowest BCUT2D eigenvalue weighted by Gasteiger charge is -2.01. The topological polar surface area (TPSA) is 0 Å². The van der Waals surface area contributed by atoms with Gasteiger partial charge in [-0.3, -0.25) is 0 Å². The molecule has 0 atom stereocenters. The van der Waals surface area contributed by atoms with Crippen molar-refractivity contribution in [2.75, 3.05) is 0 Å². The normalized spacial score (nSPS) is 9.50. The van der Waals surface area contributed by atoms with Crippen molar-refractivity contribution in [3.63, 3.8) is 0 Å². The molecule has 2 heteroatoms. The van der Waals surface area contributed by atoms with Crippen LogP contribution in [-0.2, 0) is 0 Å². The molecule has 58 valence electrons. The van der Waals surface area contributed by atoms with Gasteiger partial charge in [0.1, 0.15) is 0 Å². The average Bonchev–Trinajstić information content (AvgIpc) is 1.90. The van der Waals surface area contributed by atoms with Gasteiger partial charge in [-0.2, -0.15) is 11.1 Å². The van der Waals surface area contributed by atoms with Gasteiger partial charge in [0, 0.05) is 0 Å². The molecule has 0 saturated carbocycles. The van der Waals surface area contributed by atoms with E-state index in [2.05, 4.69) is 19.5 Å². The third kappa shape index (κ3) is 5.07. The lowest BCUT2D eigenvalue weighted by atomic mass is 10.1. The molecule has 0 aromatic rings. The second kappa shape index (κ2) is 7.36. The minimum atomic E-state index is 0.468. The van der Waals surface area contributed by atoms with Crippen molar-refractivity contribution in [1.29, 1.82) is 0 Å². The molecule has 0 amide bonds. The Balaban J connectivity index is 3.60. The molecule has 0 fully saturated rings. The molecular weight excluding hydrogens is 160 g/mol. The Kier molecular flexibility index (Phi) is 7.54. The van der Waals surface area contributed by atoms with Crippen molar-refractivity contribution >= 4 is 19.9 Å². The Morgan fingerprint density at radius 1 is 1.30 bits per heavy atom. The predicted octanol–water partition coefficient (Wildman–Crippen LogP) is 3.33. The van der Waals surface area contributed by atoms with Gasteiger partial charge in [-0.15, -0.1) is 0 Å². The van der Waals surface area contributed by atoms with Gasteiger partial charge < -0.3 is 0 Å². The molecule has 0 saturated heterocycles. The van der Waals surface area contributed by atoms with Crippen molar-refractivity contribution < 1.29 is 0 Å². The van der Waals surface area contributed by atoms with Gasteiger partial charge in [0.2, 0.25) is 8.83 Å². The summed E-state index contributed by atoms with van der Waals surface area (Å²) < 4.78 is 0. The van der Waals surface area contributed by atoms with Gasteiger partial charge in [-0.05, 0) is 12.8 Å². The molecule has 0 aromatic heterocycles.